The number of nitrogens with zero attached hydrogens (tertiary/aromatic N) is 1. The van der Waals surface area contributed by atoms with E-state index in [1.54, 1.807) is 7.11 Å². The van der Waals surface area contributed by atoms with Gasteiger partial charge in [-0.2, -0.15) is 13.2 Å². The highest BCUT2D eigenvalue weighted by molar-refractivity contribution is 5.79. The summed E-state index contributed by atoms with van der Waals surface area (Å²) in [6.07, 6.45) is -2.87. The van der Waals surface area contributed by atoms with Gasteiger partial charge in [-0.1, -0.05) is 30.3 Å². The molecule has 3 atom stereocenters. The van der Waals surface area contributed by atoms with Crippen molar-refractivity contribution in [3.05, 3.63) is 35.9 Å². The van der Waals surface area contributed by atoms with Crippen LogP contribution in [-0.2, 0) is 25.5 Å². The van der Waals surface area contributed by atoms with Gasteiger partial charge >= 0.3 is 12.1 Å². The maximum Gasteiger partial charge on any atom is 0.490 e. The van der Waals surface area contributed by atoms with Crippen molar-refractivity contribution in [1.82, 2.24) is 10.2 Å². The minimum Gasteiger partial charge on any atom is -0.475 e. The first-order valence-corrected chi connectivity index (χ1v) is 10.2. The van der Waals surface area contributed by atoms with Crippen LogP contribution >= 0.6 is 0 Å². The standard InChI is InChI=1S/C19H28N2O3.C2HF3O2/c1-23-12-9-20-19(22)17-13-21(14-18-16(17)8-11-24-18)10-7-15-5-3-2-4-6-15;3-2(4,5)1(6)7/h2-6,16-18H,7-14H2,1H3,(H,20,22);(H,6,7)/t16-,17+,18+;/m0./s1. The van der Waals surface area contributed by atoms with Gasteiger partial charge < -0.3 is 19.9 Å². The first-order chi connectivity index (χ1) is 14.7. The van der Waals surface area contributed by atoms with Crippen LogP contribution < -0.4 is 5.32 Å². The van der Waals surface area contributed by atoms with Crippen molar-refractivity contribution in [3.8, 4) is 0 Å². The van der Waals surface area contributed by atoms with Crippen LogP contribution in [0.25, 0.3) is 0 Å². The topological polar surface area (TPSA) is 88.1 Å². The van der Waals surface area contributed by atoms with E-state index in [9.17, 15) is 18.0 Å². The van der Waals surface area contributed by atoms with E-state index < -0.39 is 12.1 Å². The second kappa shape index (κ2) is 12.0. The van der Waals surface area contributed by atoms with E-state index in [1.807, 2.05) is 6.07 Å². The van der Waals surface area contributed by atoms with E-state index in [0.717, 1.165) is 39.1 Å². The van der Waals surface area contributed by atoms with E-state index in [0.29, 0.717) is 19.1 Å². The van der Waals surface area contributed by atoms with Gasteiger partial charge in [0.1, 0.15) is 0 Å². The van der Waals surface area contributed by atoms with E-state index in [-0.39, 0.29) is 17.9 Å². The average molecular weight is 446 g/mol. The predicted octanol–water partition coefficient (Wildman–Crippen LogP) is 1.96. The summed E-state index contributed by atoms with van der Waals surface area (Å²) in [6, 6.07) is 10.5. The van der Waals surface area contributed by atoms with E-state index in [1.165, 1.54) is 5.56 Å². The summed E-state index contributed by atoms with van der Waals surface area (Å²) in [5.41, 5.74) is 1.34. The van der Waals surface area contributed by atoms with Crippen molar-refractivity contribution in [2.75, 3.05) is 46.5 Å². The van der Waals surface area contributed by atoms with E-state index in [2.05, 4.69) is 34.5 Å². The van der Waals surface area contributed by atoms with Gasteiger partial charge in [-0.15, -0.1) is 0 Å². The highest BCUT2D eigenvalue weighted by Gasteiger charge is 2.43. The lowest BCUT2D eigenvalue weighted by molar-refractivity contribution is -0.192. The van der Waals surface area contributed by atoms with Crippen molar-refractivity contribution in [2.45, 2.75) is 25.1 Å². The number of likely N-dealkylation sites (tertiary alicyclic amines) is 1. The van der Waals surface area contributed by atoms with Crippen LogP contribution in [0.15, 0.2) is 30.3 Å². The summed E-state index contributed by atoms with van der Waals surface area (Å²) >= 11 is 0. The summed E-state index contributed by atoms with van der Waals surface area (Å²) < 4.78 is 42.7. The second-order valence-corrected chi connectivity index (χ2v) is 7.55. The summed E-state index contributed by atoms with van der Waals surface area (Å²) in [5, 5.41) is 10.1. The Morgan fingerprint density at radius 1 is 1.26 bits per heavy atom. The zero-order chi connectivity index (χ0) is 22.9. The minimum atomic E-state index is -5.08. The molecule has 0 aromatic heterocycles. The molecule has 0 spiro atoms. The molecule has 2 aliphatic heterocycles. The molecule has 1 aromatic rings. The van der Waals surface area contributed by atoms with E-state index in [4.69, 9.17) is 19.4 Å². The maximum atomic E-state index is 12.6. The molecule has 0 saturated carbocycles. The smallest absolute Gasteiger partial charge is 0.475 e. The molecule has 0 bridgehead atoms. The van der Waals surface area contributed by atoms with Crippen LogP contribution in [0.2, 0.25) is 0 Å². The third-order valence-corrected chi connectivity index (χ3v) is 5.41. The summed E-state index contributed by atoms with van der Waals surface area (Å²) in [5.74, 6) is -2.22. The number of carboxylic acids is 1. The maximum absolute atomic E-state index is 12.6. The Kier molecular flexibility index (Phi) is 9.73. The molecular formula is C21H29F3N2O5. The number of carboxylic acid groups (broad SMARTS) is 1. The highest BCUT2D eigenvalue weighted by Crippen LogP contribution is 2.33. The van der Waals surface area contributed by atoms with Crippen LogP contribution in [0.4, 0.5) is 13.2 Å². The van der Waals surface area contributed by atoms with E-state index >= 15 is 0 Å². The first-order valence-electron chi connectivity index (χ1n) is 10.2. The number of aliphatic carboxylic acids is 1. The Morgan fingerprint density at radius 3 is 2.55 bits per heavy atom. The highest BCUT2D eigenvalue weighted by atomic mass is 19.4. The molecule has 2 heterocycles. The van der Waals surface area contributed by atoms with Crippen molar-refractivity contribution in [1.29, 1.82) is 0 Å². The van der Waals surface area contributed by atoms with Crippen LogP contribution in [0.1, 0.15) is 12.0 Å². The first kappa shape index (κ1) is 25.1. The fraction of sp³-hybridized carbons (Fsp3) is 0.619. The number of halogens is 3. The number of amides is 1. The molecule has 31 heavy (non-hydrogen) atoms. The monoisotopic (exact) mass is 446 g/mol. The number of methoxy groups -OCH3 is 1. The number of carbonyl (C=O) groups is 2. The Labute approximate surface area is 179 Å². The molecule has 10 heteroatoms. The van der Waals surface area contributed by atoms with Gasteiger partial charge in [0.05, 0.1) is 18.6 Å². The van der Waals surface area contributed by atoms with Crippen molar-refractivity contribution in [3.63, 3.8) is 0 Å². The lowest BCUT2D eigenvalue weighted by Gasteiger charge is -2.39. The molecule has 0 radical (unpaired) electrons. The number of ether oxygens (including phenoxy) is 2. The molecule has 1 aromatic carbocycles. The van der Waals surface area contributed by atoms with Gasteiger partial charge in [0.25, 0.3) is 0 Å². The number of alkyl halides is 3. The van der Waals surface area contributed by atoms with Crippen LogP contribution in [0.5, 0.6) is 0 Å². The second-order valence-electron chi connectivity index (χ2n) is 7.55. The number of benzene rings is 1. The summed E-state index contributed by atoms with van der Waals surface area (Å²) in [6.45, 7) is 4.66. The van der Waals surface area contributed by atoms with Crippen LogP contribution in [0, 0.1) is 11.8 Å². The Morgan fingerprint density at radius 2 is 1.94 bits per heavy atom. The Bertz CT molecular complexity index is 702. The molecule has 7 nitrogen and oxygen atoms in total. The molecule has 3 rings (SSSR count). The molecule has 2 fully saturated rings. The zero-order valence-corrected chi connectivity index (χ0v) is 17.4. The van der Waals surface area contributed by atoms with Gasteiger partial charge in [-0.3, -0.25) is 9.69 Å². The molecule has 1 amide bonds. The third kappa shape index (κ3) is 8.12. The molecule has 2 saturated heterocycles. The molecule has 2 aliphatic rings. The molecule has 2 N–H and O–H groups in total. The number of fused-ring (bicyclic) bond motifs is 1. The normalized spacial score (nSPS) is 23.4. The lowest BCUT2D eigenvalue weighted by atomic mass is 9.82. The predicted molar refractivity (Wildman–Crippen MR) is 106 cm³/mol. The fourth-order valence-corrected chi connectivity index (χ4v) is 3.86. The van der Waals surface area contributed by atoms with Crippen molar-refractivity contribution in [2.24, 2.45) is 11.8 Å². The van der Waals surface area contributed by atoms with Crippen molar-refractivity contribution >= 4 is 11.9 Å². The quantitative estimate of drug-likeness (QED) is 0.623. The fourth-order valence-electron chi connectivity index (χ4n) is 3.86. The van der Waals surface area contributed by atoms with Gasteiger partial charge in [-0.05, 0) is 18.4 Å². The summed E-state index contributed by atoms with van der Waals surface area (Å²) in [7, 11) is 1.65. The summed E-state index contributed by atoms with van der Waals surface area (Å²) in [4.78, 5) is 23.9. The number of carbonyl (C=O) groups excluding carboxylic acids is 1. The number of rotatable bonds is 7. The number of hydrogen-bond acceptors (Lipinski definition) is 5. The van der Waals surface area contributed by atoms with Gasteiger partial charge in [0, 0.05) is 45.8 Å². The van der Waals surface area contributed by atoms with Gasteiger partial charge in [-0.25, -0.2) is 4.79 Å². The third-order valence-electron chi connectivity index (χ3n) is 5.41. The van der Waals surface area contributed by atoms with Crippen LogP contribution in [-0.4, -0.2) is 80.7 Å². The average Bonchev–Trinajstić information content (AvgIpc) is 3.21. The van der Waals surface area contributed by atoms with Gasteiger partial charge in [0.15, 0.2) is 0 Å². The number of nitrogens with one attached hydrogen (secondary N) is 1. The lowest BCUT2D eigenvalue weighted by Crippen LogP contribution is -2.53. The minimum absolute atomic E-state index is 0.0267. The molecular weight excluding hydrogens is 417 g/mol. The SMILES string of the molecule is COCCNC(=O)[C@@H]1CN(CCc2ccccc2)C[C@H]2OCC[C@H]21.O=C(O)C(F)(F)F. The largest absolute Gasteiger partial charge is 0.490 e. The van der Waals surface area contributed by atoms with Gasteiger partial charge in [0.2, 0.25) is 5.91 Å². The molecule has 0 unspecified atom stereocenters. The Balaban J connectivity index is 0.000000423. The Hall–Kier alpha value is -2.17. The molecule has 0 aliphatic carbocycles. The van der Waals surface area contributed by atoms with Crippen molar-refractivity contribution < 1.29 is 37.3 Å². The molecule has 174 valence electrons. The number of piperidine rings is 1. The van der Waals surface area contributed by atoms with Crippen LogP contribution in [0.3, 0.4) is 0 Å². The zero-order valence-electron chi connectivity index (χ0n) is 17.4. The number of hydrogen-bond donors (Lipinski definition) is 2.